The molecule has 2 saturated heterocycles. The summed E-state index contributed by atoms with van der Waals surface area (Å²) in [6.07, 6.45) is 13.3. The largest absolute Gasteiger partial charge is 0.305 e. The van der Waals surface area contributed by atoms with E-state index in [1.54, 1.807) is 11.1 Å². The molecule has 0 amide bonds. The van der Waals surface area contributed by atoms with Crippen molar-refractivity contribution >= 4 is 0 Å². The molecule has 0 aromatic heterocycles. The molecule has 0 spiro atoms. The zero-order valence-corrected chi connectivity index (χ0v) is 22.7. The predicted octanol–water partition coefficient (Wildman–Crippen LogP) is 7.67. The molecule has 0 radical (unpaired) electrons. The van der Waals surface area contributed by atoms with Gasteiger partial charge in [0.25, 0.3) is 0 Å². The maximum absolute atomic E-state index is 4.59. The Morgan fingerprint density at radius 1 is 0.656 bits per heavy atom. The second-order valence-electron chi connectivity index (χ2n) is 11.8. The van der Waals surface area contributed by atoms with Crippen LogP contribution < -0.4 is 0 Å². The van der Waals surface area contributed by atoms with E-state index >= 15 is 0 Å². The van der Waals surface area contributed by atoms with Gasteiger partial charge in [-0.05, 0) is 88.1 Å². The Morgan fingerprint density at radius 2 is 0.969 bits per heavy atom. The van der Waals surface area contributed by atoms with E-state index in [1.165, 1.54) is 90.4 Å². The van der Waals surface area contributed by atoms with E-state index in [-0.39, 0.29) is 0 Å². The average molecular weight is 445 g/mol. The maximum Gasteiger partial charge on any atom is 0.00442 e. The van der Waals surface area contributed by atoms with E-state index in [0.717, 1.165) is 23.7 Å². The van der Waals surface area contributed by atoms with Crippen molar-refractivity contribution in [1.29, 1.82) is 0 Å². The number of piperidine rings is 2. The van der Waals surface area contributed by atoms with Gasteiger partial charge in [0.15, 0.2) is 0 Å². The summed E-state index contributed by atoms with van der Waals surface area (Å²) in [6.45, 7) is 23.7. The Hall–Kier alpha value is -0.600. The average Bonchev–Trinajstić information content (AvgIpc) is 2.77. The third-order valence-electron chi connectivity index (χ3n) is 8.95. The highest BCUT2D eigenvalue weighted by molar-refractivity contribution is 5.11. The smallest absolute Gasteiger partial charge is 0.00442 e. The predicted molar refractivity (Wildman–Crippen MR) is 143 cm³/mol. The molecule has 0 saturated carbocycles. The third kappa shape index (κ3) is 8.32. The lowest BCUT2D eigenvalue weighted by Gasteiger charge is -2.39. The van der Waals surface area contributed by atoms with E-state index in [0.29, 0.717) is 11.8 Å². The molecular weight excluding hydrogens is 388 g/mol. The molecule has 2 heterocycles. The fraction of sp³-hybridized carbons (Fsp3) is 0.867. The molecule has 2 rings (SSSR count). The van der Waals surface area contributed by atoms with Gasteiger partial charge in [-0.25, -0.2) is 0 Å². The van der Waals surface area contributed by atoms with Gasteiger partial charge in [0, 0.05) is 26.2 Å². The van der Waals surface area contributed by atoms with Crippen molar-refractivity contribution in [3.8, 4) is 0 Å². The van der Waals surface area contributed by atoms with Gasteiger partial charge in [0.1, 0.15) is 0 Å². The quantitative estimate of drug-likeness (QED) is 0.269. The van der Waals surface area contributed by atoms with E-state index in [2.05, 4.69) is 64.7 Å². The van der Waals surface area contributed by atoms with Gasteiger partial charge in [-0.2, -0.15) is 0 Å². The van der Waals surface area contributed by atoms with Gasteiger partial charge < -0.3 is 9.80 Å². The van der Waals surface area contributed by atoms with Crippen LogP contribution in [0, 0.1) is 35.5 Å². The number of nitrogens with zero attached hydrogens (tertiary/aromatic N) is 2. The van der Waals surface area contributed by atoms with Gasteiger partial charge in [-0.15, -0.1) is 0 Å². The normalized spacial score (nSPS) is 29.9. The molecule has 2 aliphatic rings. The summed E-state index contributed by atoms with van der Waals surface area (Å²) in [5, 5.41) is 0. The topological polar surface area (TPSA) is 6.48 Å². The second-order valence-corrected chi connectivity index (χ2v) is 11.8. The monoisotopic (exact) mass is 444 g/mol. The lowest BCUT2D eigenvalue weighted by atomic mass is 9.76. The molecule has 2 heteroatoms. The summed E-state index contributed by atoms with van der Waals surface area (Å²) in [5.74, 6) is 4.46. The van der Waals surface area contributed by atoms with Crippen molar-refractivity contribution in [2.24, 2.45) is 35.5 Å². The number of hydrogen-bond acceptors (Lipinski definition) is 2. The maximum atomic E-state index is 4.59. The Balaban J connectivity index is 1.79. The number of rotatable bonds is 13. The van der Waals surface area contributed by atoms with Crippen LogP contribution in [0.2, 0.25) is 0 Å². The van der Waals surface area contributed by atoms with E-state index < -0.39 is 0 Å². The Morgan fingerprint density at radius 3 is 1.28 bits per heavy atom. The molecule has 2 nitrogen and oxygen atoms in total. The Labute approximate surface area is 201 Å². The minimum atomic E-state index is 0.705. The zero-order valence-electron chi connectivity index (χ0n) is 22.7. The van der Waals surface area contributed by atoms with Crippen LogP contribution in [-0.2, 0) is 0 Å². The zero-order chi connectivity index (χ0) is 23.7. The van der Waals surface area contributed by atoms with Crippen LogP contribution in [-0.4, -0.2) is 50.1 Å². The van der Waals surface area contributed by atoms with Gasteiger partial charge in [0.05, 0.1) is 0 Å². The molecule has 0 N–H and O–H groups in total. The summed E-state index contributed by atoms with van der Waals surface area (Å²) in [5.41, 5.74) is 3.13. The first-order chi connectivity index (χ1) is 15.3. The summed E-state index contributed by atoms with van der Waals surface area (Å²) >= 11 is 0. The van der Waals surface area contributed by atoms with Crippen LogP contribution in [0.3, 0.4) is 0 Å². The molecule has 2 fully saturated rings. The van der Waals surface area contributed by atoms with Crippen molar-refractivity contribution in [3.63, 3.8) is 0 Å². The molecule has 0 bridgehead atoms. The fourth-order valence-corrected chi connectivity index (χ4v) is 6.29. The number of hydrogen-bond donors (Lipinski definition) is 0. The third-order valence-corrected chi connectivity index (χ3v) is 8.95. The highest BCUT2D eigenvalue weighted by Gasteiger charge is 2.30. The summed E-state index contributed by atoms with van der Waals surface area (Å²) < 4.78 is 0. The second kappa shape index (κ2) is 14.0. The lowest BCUT2D eigenvalue weighted by molar-refractivity contribution is 0.178. The summed E-state index contributed by atoms with van der Waals surface area (Å²) in [6, 6.07) is 0. The molecule has 0 aromatic rings. The minimum Gasteiger partial charge on any atom is -0.305 e. The van der Waals surface area contributed by atoms with Crippen molar-refractivity contribution in [2.45, 2.75) is 91.9 Å². The molecule has 32 heavy (non-hydrogen) atoms. The molecule has 0 aromatic carbocycles. The first-order valence-electron chi connectivity index (χ1n) is 14.0. The van der Waals surface area contributed by atoms with Crippen LogP contribution in [0.25, 0.3) is 0 Å². The standard InChI is InChI=1S/C30H56N2/c1-9-11-13-27-19-31(7)21-29(25(27)5)17-15-23(3)24(4)16-18-30-22-32(8)20-28(26(30)6)14-12-10-2/h23-24,27-30H,5-6,9-22H2,1-4,7-8H3. The van der Waals surface area contributed by atoms with Crippen LogP contribution in [0.1, 0.15) is 91.9 Å². The first-order valence-corrected chi connectivity index (χ1v) is 14.0. The number of likely N-dealkylation sites (tertiary alicyclic amines) is 2. The van der Waals surface area contributed by atoms with Crippen molar-refractivity contribution in [1.82, 2.24) is 9.80 Å². The van der Waals surface area contributed by atoms with Crippen molar-refractivity contribution in [3.05, 3.63) is 24.3 Å². The molecule has 6 atom stereocenters. The summed E-state index contributed by atoms with van der Waals surface area (Å²) in [7, 11) is 4.62. The van der Waals surface area contributed by atoms with Crippen LogP contribution in [0.5, 0.6) is 0 Å². The van der Waals surface area contributed by atoms with Gasteiger partial charge in [-0.1, -0.05) is 77.7 Å². The lowest BCUT2D eigenvalue weighted by Crippen LogP contribution is -2.40. The van der Waals surface area contributed by atoms with Crippen LogP contribution in [0.15, 0.2) is 24.3 Å². The minimum absolute atomic E-state index is 0.705. The molecule has 6 unspecified atom stereocenters. The molecule has 0 aliphatic carbocycles. The fourth-order valence-electron chi connectivity index (χ4n) is 6.29. The Kier molecular flexibility index (Phi) is 12.1. The highest BCUT2D eigenvalue weighted by Crippen LogP contribution is 2.36. The highest BCUT2D eigenvalue weighted by atomic mass is 15.1. The van der Waals surface area contributed by atoms with Crippen LogP contribution >= 0.6 is 0 Å². The SMILES string of the molecule is C=C1C(CCCC)CN(C)CC1CCC(C)C(C)CCC1CN(C)CC(CCCC)C1=C. The summed E-state index contributed by atoms with van der Waals surface area (Å²) in [4.78, 5) is 5.13. The van der Waals surface area contributed by atoms with E-state index in [4.69, 9.17) is 0 Å². The van der Waals surface area contributed by atoms with Crippen LogP contribution in [0.4, 0.5) is 0 Å². The van der Waals surface area contributed by atoms with Gasteiger partial charge in [-0.3, -0.25) is 0 Å². The molecular formula is C30H56N2. The Bertz CT molecular complexity index is 517. The van der Waals surface area contributed by atoms with Gasteiger partial charge >= 0.3 is 0 Å². The molecule has 2 aliphatic heterocycles. The van der Waals surface area contributed by atoms with Crippen molar-refractivity contribution < 1.29 is 0 Å². The first kappa shape index (κ1) is 27.6. The van der Waals surface area contributed by atoms with E-state index in [1.807, 2.05) is 0 Å². The van der Waals surface area contributed by atoms with E-state index in [9.17, 15) is 0 Å². The van der Waals surface area contributed by atoms with Crippen molar-refractivity contribution in [2.75, 3.05) is 40.3 Å². The number of unbranched alkanes of at least 4 members (excludes halogenated alkanes) is 2. The van der Waals surface area contributed by atoms with Gasteiger partial charge in [0.2, 0.25) is 0 Å². The molecule has 186 valence electrons.